The maximum Gasteiger partial charge on any atom is 0.235 e. The first-order chi connectivity index (χ1) is 12.6. The van der Waals surface area contributed by atoms with Crippen molar-refractivity contribution in [1.29, 1.82) is 0 Å². The van der Waals surface area contributed by atoms with E-state index in [9.17, 15) is 4.79 Å². The van der Waals surface area contributed by atoms with E-state index in [-0.39, 0.29) is 11.2 Å². The lowest BCUT2D eigenvalue weighted by molar-refractivity contribution is -0.130. The molecule has 0 bridgehead atoms. The number of ether oxygens (including phenoxy) is 1. The number of rotatable bonds is 5. The van der Waals surface area contributed by atoms with Gasteiger partial charge >= 0.3 is 0 Å². The lowest BCUT2D eigenvalue weighted by atomic mass is 10.3. The first-order valence-electron chi connectivity index (χ1n) is 8.39. The normalized spacial score (nSPS) is 15.7. The van der Waals surface area contributed by atoms with Crippen LogP contribution in [0.5, 0.6) is 5.88 Å². The number of anilines is 1. The number of carbonyl (C=O) groups excluding carboxylic acids is 1. The maximum atomic E-state index is 12.7. The van der Waals surface area contributed by atoms with Crippen molar-refractivity contribution in [2.24, 2.45) is 0 Å². The summed E-state index contributed by atoms with van der Waals surface area (Å²) in [6, 6.07) is 8.04. The first-order valence-corrected chi connectivity index (χ1v) is 10.1. The summed E-state index contributed by atoms with van der Waals surface area (Å²) in [6.07, 6.45) is 3.32. The molecule has 138 valence electrons. The molecule has 1 aromatic carbocycles. The van der Waals surface area contributed by atoms with Crippen LogP contribution in [0.4, 0.5) is 5.82 Å². The Kier molecular flexibility index (Phi) is 6.37. The highest BCUT2D eigenvalue weighted by atomic mass is 79.9. The van der Waals surface area contributed by atoms with E-state index in [4.69, 9.17) is 4.74 Å². The van der Waals surface area contributed by atoms with Crippen LogP contribution in [0, 0.1) is 0 Å². The van der Waals surface area contributed by atoms with Gasteiger partial charge in [0.25, 0.3) is 0 Å². The Labute approximate surface area is 166 Å². The fraction of sp³-hybridized carbons (Fsp3) is 0.389. The third-order valence-corrected chi connectivity index (χ3v) is 5.83. The van der Waals surface area contributed by atoms with Crippen molar-refractivity contribution in [1.82, 2.24) is 14.9 Å². The van der Waals surface area contributed by atoms with E-state index >= 15 is 0 Å². The quantitative estimate of drug-likeness (QED) is 0.671. The van der Waals surface area contributed by atoms with Crippen LogP contribution in [0.15, 0.2) is 46.0 Å². The highest BCUT2D eigenvalue weighted by Gasteiger charge is 2.26. The van der Waals surface area contributed by atoms with Gasteiger partial charge in [-0.2, -0.15) is 4.98 Å². The highest BCUT2D eigenvalue weighted by molar-refractivity contribution is 9.10. The molecular formula is C18H21BrN4O2S. The maximum absolute atomic E-state index is 12.7. The Hall–Kier alpha value is -1.80. The van der Waals surface area contributed by atoms with Crippen molar-refractivity contribution in [2.75, 3.05) is 38.2 Å². The number of nitrogens with zero attached hydrogens (tertiary/aromatic N) is 4. The van der Waals surface area contributed by atoms with Crippen LogP contribution in [0.3, 0.4) is 0 Å². The molecule has 1 fully saturated rings. The fourth-order valence-corrected chi connectivity index (χ4v) is 3.99. The summed E-state index contributed by atoms with van der Waals surface area (Å²) in [6.45, 7) is 4.81. The number of aromatic nitrogens is 2. The lowest BCUT2D eigenvalue weighted by Crippen LogP contribution is -2.50. The van der Waals surface area contributed by atoms with Gasteiger partial charge in [-0.3, -0.25) is 9.78 Å². The summed E-state index contributed by atoms with van der Waals surface area (Å²) in [4.78, 5) is 26.5. The molecule has 1 aromatic heterocycles. The van der Waals surface area contributed by atoms with E-state index < -0.39 is 0 Å². The number of benzene rings is 1. The second kappa shape index (κ2) is 8.73. The molecule has 0 N–H and O–H groups in total. The van der Waals surface area contributed by atoms with Gasteiger partial charge in [0, 0.05) is 35.5 Å². The number of amides is 1. The molecule has 2 heterocycles. The molecule has 0 saturated carbocycles. The zero-order chi connectivity index (χ0) is 18.5. The number of methoxy groups -OCH3 is 1. The zero-order valence-corrected chi connectivity index (χ0v) is 17.2. The average molecular weight is 437 g/mol. The first kappa shape index (κ1) is 19.0. The molecule has 0 spiro atoms. The summed E-state index contributed by atoms with van der Waals surface area (Å²) >= 11 is 5.02. The number of hydrogen-bond acceptors (Lipinski definition) is 6. The minimum atomic E-state index is -0.112. The van der Waals surface area contributed by atoms with Crippen molar-refractivity contribution >= 4 is 39.4 Å². The monoisotopic (exact) mass is 436 g/mol. The van der Waals surface area contributed by atoms with Crippen LogP contribution in [0.25, 0.3) is 0 Å². The average Bonchev–Trinajstić information content (AvgIpc) is 2.69. The van der Waals surface area contributed by atoms with Gasteiger partial charge in [-0.05, 0) is 31.2 Å². The molecule has 3 rings (SSSR count). The molecule has 2 aromatic rings. The molecule has 1 saturated heterocycles. The summed E-state index contributed by atoms with van der Waals surface area (Å²) < 4.78 is 6.17. The molecule has 1 amide bonds. The number of hydrogen-bond donors (Lipinski definition) is 0. The van der Waals surface area contributed by atoms with Gasteiger partial charge in [-0.15, -0.1) is 11.8 Å². The van der Waals surface area contributed by atoms with Crippen molar-refractivity contribution in [3.05, 3.63) is 41.1 Å². The van der Waals surface area contributed by atoms with Crippen molar-refractivity contribution in [3.8, 4) is 5.88 Å². The number of carbonyl (C=O) groups is 1. The van der Waals surface area contributed by atoms with Gasteiger partial charge in [0.1, 0.15) is 0 Å². The van der Waals surface area contributed by atoms with E-state index in [0.717, 1.165) is 28.3 Å². The van der Waals surface area contributed by atoms with Crippen molar-refractivity contribution in [2.45, 2.75) is 17.1 Å². The SMILES string of the molecule is COc1cncc(N2CCN(C(=O)C(C)Sc3ccc(Br)cc3)CC2)n1. The standard InChI is InChI=1S/C18H21BrN4O2S/c1-13(26-15-5-3-14(19)4-6-15)18(24)23-9-7-22(8-10-23)16-11-20-12-17(21-16)25-2/h3-6,11-13H,7-10H2,1-2H3. The Morgan fingerprint density at radius 1 is 1.19 bits per heavy atom. The number of piperazine rings is 1. The Bertz CT molecular complexity index is 751. The fourth-order valence-electron chi connectivity index (χ4n) is 2.77. The molecule has 1 aliphatic heterocycles. The van der Waals surface area contributed by atoms with Gasteiger partial charge in [0.05, 0.1) is 24.8 Å². The Morgan fingerprint density at radius 3 is 2.54 bits per heavy atom. The predicted octanol–water partition coefficient (Wildman–Crippen LogP) is 3.08. The minimum absolute atomic E-state index is 0.112. The molecule has 1 aliphatic rings. The molecular weight excluding hydrogens is 416 g/mol. The highest BCUT2D eigenvalue weighted by Crippen LogP contribution is 2.26. The third-order valence-electron chi connectivity index (χ3n) is 4.20. The second-order valence-electron chi connectivity index (χ2n) is 5.95. The van der Waals surface area contributed by atoms with Crippen LogP contribution in [0.1, 0.15) is 6.92 Å². The number of thioether (sulfide) groups is 1. The summed E-state index contributed by atoms with van der Waals surface area (Å²) in [5.74, 6) is 1.46. The number of halogens is 1. The topological polar surface area (TPSA) is 58.6 Å². The van der Waals surface area contributed by atoms with Crippen LogP contribution < -0.4 is 9.64 Å². The Balaban J connectivity index is 1.55. The lowest BCUT2D eigenvalue weighted by Gasteiger charge is -2.36. The van der Waals surface area contributed by atoms with E-state index in [1.165, 1.54) is 0 Å². The summed E-state index contributed by atoms with van der Waals surface area (Å²) in [7, 11) is 1.58. The molecule has 1 atom stereocenters. The predicted molar refractivity (Wildman–Crippen MR) is 107 cm³/mol. The van der Waals surface area contributed by atoms with Crippen molar-refractivity contribution in [3.63, 3.8) is 0 Å². The van der Waals surface area contributed by atoms with E-state index in [0.29, 0.717) is 19.0 Å². The van der Waals surface area contributed by atoms with Gasteiger partial charge < -0.3 is 14.5 Å². The summed E-state index contributed by atoms with van der Waals surface area (Å²) in [5, 5.41) is -0.112. The second-order valence-corrected chi connectivity index (χ2v) is 8.28. The molecule has 1 unspecified atom stereocenters. The van der Waals surface area contributed by atoms with Crippen molar-refractivity contribution < 1.29 is 9.53 Å². The molecule has 0 radical (unpaired) electrons. The molecule has 26 heavy (non-hydrogen) atoms. The van der Waals surface area contributed by atoms with E-state index in [1.807, 2.05) is 36.1 Å². The van der Waals surface area contributed by atoms with Crippen LogP contribution >= 0.6 is 27.7 Å². The van der Waals surface area contributed by atoms with Gasteiger partial charge in [-0.1, -0.05) is 15.9 Å². The zero-order valence-electron chi connectivity index (χ0n) is 14.8. The van der Waals surface area contributed by atoms with Gasteiger partial charge in [-0.25, -0.2) is 0 Å². The van der Waals surface area contributed by atoms with Crippen LogP contribution in [-0.4, -0.2) is 59.3 Å². The molecule has 6 nitrogen and oxygen atoms in total. The van der Waals surface area contributed by atoms with Crippen LogP contribution in [0.2, 0.25) is 0 Å². The molecule has 0 aliphatic carbocycles. The van der Waals surface area contributed by atoms with E-state index in [1.54, 1.807) is 31.3 Å². The van der Waals surface area contributed by atoms with Crippen LogP contribution in [-0.2, 0) is 4.79 Å². The van der Waals surface area contributed by atoms with Gasteiger partial charge in [0.2, 0.25) is 11.8 Å². The third kappa shape index (κ3) is 4.67. The largest absolute Gasteiger partial charge is 0.480 e. The smallest absolute Gasteiger partial charge is 0.235 e. The van der Waals surface area contributed by atoms with E-state index in [2.05, 4.69) is 30.8 Å². The Morgan fingerprint density at radius 2 is 1.88 bits per heavy atom. The minimum Gasteiger partial charge on any atom is -0.480 e. The summed E-state index contributed by atoms with van der Waals surface area (Å²) in [5.41, 5.74) is 0. The molecule has 8 heteroatoms. The van der Waals surface area contributed by atoms with Gasteiger partial charge in [0.15, 0.2) is 5.82 Å².